The molecule has 2 heterocycles. The number of pyridine rings is 1. The lowest BCUT2D eigenvalue weighted by Crippen LogP contribution is -2.52. The van der Waals surface area contributed by atoms with Crippen molar-refractivity contribution in [2.45, 2.75) is 31.7 Å². The number of Topliss-reactive ketones (excluding diaryl/α,β-unsaturated/α-hetero) is 1. The molecule has 3 nitrogen and oxygen atoms in total. The van der Waals surface area contributed by atoms with Gasteiger partial charge < -0.3 is 5.32 Å². The molecule has 1 aliphatic heterocycles. The van der Waals surface area contributed by atoms with Gasteiger partial charge in [-0.1, -0.05) is 18.2 Å². The fraction of sp³-hybridized carbons (Fsp3) is 0.375. The number of fused-ring (bicyclic) bond motifs is 1. The lowest BCUT2D eigenvalue weighted by molar-refractivity contribution is 0.0835. The first kappa shape index (κ1) is 12.3. The summed E-state index contributed by atoms with van der Waals surface area (Å²) in [4.78, 5) is 17.0. The normalized spacial score (nSPS) is 23.4. The van der Waals surface area contributed by atoms with Gasteiger partial charge in [0.2, 0.25) is 0 Å². The van der Waals surface area contributed by atoms with Crippen molar-refractivity contribution in [1.82, 2.24) is 10.3 Å². The van der Waals surface area contributed by atoms with Crippen LogP contribution in [0.15, 0.2) is 36.5 Å². The first-order chi connectivity index (χ1) is 9.19. The highest BCUT2D eigenvalue weighted by molar-refractivity contribution is 6.05. The van der Waals surface area contributed by atoms with E-state index in [1.807, 2.05) is 37.3 Å². The van der Waals surface area contributed by atoms with Crippen molar-refractivity contribution in [3.8, 4) is 0 Å². The van der Waals surface area contributed by atoms with Gasteiger partial charge in [-0.2, -0.15) is 0 Å². The number of benzene rings is 1. The van der Waals surface area contributed by atoms with Gasteiger partial charge in [-0.3, -0.25) is 9.78 Å². The van der Waals surface area contributed by atoms with Gasteiger partial charge in [-0.25, -0.2) is 0 Å². The summed E-state index contributed by atoms with van der Waals surface area (Å²) in [5, 5.41) is 4.44. The van der Waals surface area contributed by atoms with E-state index in [9.17, 15) is 4.79 Å². The van der Waals surface area contributed by atoms with Crippen LogP contribution >= 0.6 is 0 Å². The van der Waals surface area contributed by atoms with Crippen LogP contribution in [0.1, 0.15) is 36.5 Å². The van der Waals surface area contributed by atoms with E-state index in [1.54, 1.807) is 6.20 Å². The summed E-state index contributed by atoms with van der Waals surface area (Å²) in [6, 6.07) is 9.71. The molecular formula is C16H18N2O. The topological polar surface area (TPSA) is 42.0 Å². The van der Waals surface area contributed by atoms with Crippen LogP contribution in [0.3, 0.4) is 0 Å². The number of rotatable bonds is 2. The molecule has 1 N–H and O–H groups in total. The third-order valence-electron chi connectivity index (χ3n) is 3.99. The van der Waals surface area contributed by atoms with Gasteiger partial charge in [-0.15, -0.1) is 0 Å². The Morgan fingerprint density at radius 3 is 3.00 bits per heavy atom. The number of piperidine rings is 1. The van der Waals surface area contributed by atoms with E-state index < -0.39 is 5.54 Å². The van der Waals surface area contributed by atoms with Crippen molar-refractivity contribution in [3.63, 3.8) is 0 Å². The number of nitrogens with one attached hydrogen (secondary N) is 1. The number of ketones is 1. The highest BCUT2D eigenvalue weighted by Gasteiger charge is 2.34. The van der Waals surface area contributed by atoms with Crippen molar-refractivity contribution in [2.75, 3.05) is 6.54 Å². The van der Waals surface area contributed by atoms with Crippen LogP contribution in [0.2, 0.25) is 0 Å². The van der Waals surface area contributed by atoms with Crippen LogP contribution < -0.4 is 5.32 Å². The van der Waals surface area contributed by atoms with Crippen molar-refractivity contribution in [2.24, 2.45) is 0 Å². The Hall–Kier alpha value is -1.74. The van der Waals surface area contributed by atoms with Crippen LogP contribution in [0.5, 0.6) is 0 Å². The molecule has 1 unspecified atom stereocenters. The van der Waals surface area contributed by atoms with Crippen LogP contribution in [-0.4, -0.2) is 22.9 Å². The fourth-order valence-electron chi connectivity index (χ4n) is 2.78. The van der Waals surface area contributed by atoms with Crippen molar-refractivity contribution in [3.05, 3.63) is 42.1 Å². The van der Waals surface area contributed by atoms with Gasteiger partial charge in [0.05, 0.1) is 11.1 Å². The van der Waals surface area contributed by atoms with Gasteiger partial charge in [-0.05, 0) is 44.9 Å². The summed E-state index contributed by atoms with van der Waals surface area (Å²) in [7, 11) is 0. The predicted octanol–water partition coefficient (Wildman–Crippen LogP) is 2.95. The average Bonchev–Trinajstić information content (AvgIpc) is 2.47. The Morgan fingerprint density at radius 1 is 1.32 bits per heavy atom. The predicted molar refractivity (Wildman–Crippen MR) is 76.3 cm³/mol. The maximum absolute atomic E-state index is 12.7. The number of hydrogen-bond acceptors (Lipinski definition) is 3. The first-order valence-electron chi connectivity index (χ1n) is 6.84. The number of carbonyl (C=O) groups is 1. The molecule has 0 bridgehead atoms. The van der Waals surface area contributed by atoms with Gasteiger partial charge in [0.25, 0.3) is 0 Å². The lowest BCUT2D eigenvalue weighted by atomic mass is 9.83. The van der Waals surface area contributed by atoms with E-state index in [0.29, 0.717) is 0 Å². The molecule has 1 aromatic heterocycles. The molecule has 3 rings (SSSR count). The van der Waals surface area contributed by atoms with Crippen LogP contribution in [0.25, 0.3) is 10.9 Å². The van der Waals surface area contributed by atoms with E-state index in [1.165, 1.54) is 0 Å². The minimum absolute atomic E-state index is 0.180. The first-order valence-corrected chi connectivity index (χ1v) is 6.84. The fourth-order valence-corrected chi connectivity index (χ4v) is 2.78. The zero-order chi connectivity index (χ0) is 13.3. The minimum atomic E-state index is -0.416. The summed E-state index contributed by atoms with van der Waals surface area (Å²) >= 11 is 0. The molecule has 1 atom stereocenters. The zero-order valence-electron chi connectivity index (χ0n) is 11.1. The highest BCUT2D eigenvalue weighted by atomic mass is 16.1. The molecular weight excluding hydrogens is 236 g/mol. The van der Waals surface area contributed by atoms with Gasteiger partial charge in [0.15, 0.2) is 5.78 Å². The SMILES string of the molecule is CC1(C(=O)c2ccc3cccnc3c2)CCCCN1. The Labute approximate surface area is 113 Å². The molecule has 1 aliphatic rings. The molecule has 1 aromatic carbocycles. The van der Waals surface area contributed by atoms with E-state index >= 15 is 0 Å². The second-order valence-corrected chi connectivity index (χ2v) is 5.46. The molecule has 0 radical (unpaired) electrons. The van der Waals surface area contributed by atoms with Crippen LogP contribution in [0.4, 0.5) is 0 Å². The summed E-state index contributed by atoms with van der Waals surface area (Å²) in [5.41, 5.74) is 1.22. The Balaban J connectivity index is 1.97. The average molecular weight is 254 g/mol. The van der Waals surface area contributed by atoms with E-state index in [4.69, 9.17) is 0 Å². The van der Waals surface area contributed by atoms with Crippen molar-refractivity contribution < 1.29 is 4.79 Å². The molecule has 0 aliphatic carbocycles. The Morgan fingerprint density at radius 2 is 2.21 bits per heavy atom. The molecule has 0 amide bonds. The third kappa shape index (κ3) is 2.26. The molecule has 1 saturated heterocycles. The van der Waals surface area contributed by atoms with Gasteiger partial charge in [0.1, 0.15) is 0 Å². The van der Waals surface area contributed by atoms with Crippen LogP contribution in [-0.2, 0) is 0 Å². The van der Waals surface area contributed by atoms with Gasteiger partial charge in [0, 0.05) is 17.1 Å². The molecule has 98 valence electrons. The standard InChI is InChI=1S/C16H18N2O/c1-16(8-2-3-10-18-16)15(19)13-7-6-12-5-4-9-17-14(12)11-13/h4-7,9,11,18H,2-3,8,10H2,1H3. The van der Waals surface area contributed by atoms with E-state index in [2.05, 4.69) is 10.3 Å². The number of nitrogens with zero attached hydrogens (tertiary/aromatic N) is 1. The molecule has 3 heteroatoms. The molecule has 2 aromatic rings. The maximum atomic E-state index is 12.7. The molecule has 1 fully saturated rings. The summed E-state index contributed by atoms with van der Waals surface area (Å²) < 4.78 is 0. The largest absolute Gasteiger partial charge is 0.305 e. The summed E-state index contributed by atoms with van der Waals surface area (Å²) in [6.07, 6.45) is 4.94. The Bertz CT molecular complexity index is 615. The second-order valence-electron chi connectivity index (χ2n) is 5.46. The maximum Gasteiger partial charge on any atom is 0.182 e. The van der Waals surface area contributed by atoms with Crippen molar-refractivity contribution in [1.29, 1.82) is 0 Å². The van der Waals surface area contributed by atoms with Gasteiger partial charge >= 0.3 is 0 Å². The molecule has 0 saturated carbocycles. The Kier molecular flexibility index (Phi) is 3.07. The number of carbonyl (C=O) groups excluding carboxylic acids is 1. The zero-order valence-corrected chi connectivity index (χ0v) is 11.1. The third-order valence-corrected chi connectivity index (χ3v) is 3.99. The number of aromatic nitrogens is 1. The monoisotopic (exact) mass is 254 g/mol. The quantitative estimate of drug-likeness (QED) is 0.838. The minimum Gasteiger partial charge on any atom is -0.305 e. The van der Waals surface area contributed by atoms with Crippen LogP contribution in [0, 0.1) is 0 Å². The summed E-state index contributed by atoms with van der Waals surface area (Å²) in [5.74, 6) is 0.180. The lowest BCUT2D eigenvalue weighted by Gasteiger charge is -2.33. The summed E-state index contributed by atoms with van der Waals surface area (Å²) in [6.45, 7) is 2.94. The van der Waals surface area contributed by atoms with E-state index in [0.717, 1.165) is 42.3 Å². The van der Waals surface area contributed by atoms with E-state index in [-0.39, 0.29) is 5.78 Å². The smallest absolute Gasteiger partial charge is 0.182 e. The highest BCUT2D eigenvalue weighted by Crippen LogP contribution is 2.24. The van der Waals surface area contributed by atoms with Crippen molar-refractivity contribution >= 4 is 16.7 Å². The number of hydrogen-bond donors (Lipinski definition) is 1. The molecule has 0 spiro atoms. The molecule has 19 heavy (non-hydrogen) atoms. The second kappa shape index (κ2) is 4.74.